The molecule has 0 fully saturated rings. The quantitative estimate of drug-likeness (QED) is 0.469. The molecule has 0 aliphatic heterocycles. The number of nitrogens with one attached hydrogen (secondary N) is 1. The fourth-order valence-corrected chi connectivity index (χ4v) is 2.61. The highest BCUT2D eigenvalue weighted by Crippen LogP contribution is 2.27. The molecule has 1 aromatic rings. The molecule has 0 heterocycles. The summed E-state index contributed by atoms with van der Waals surface area (Å²) in [5.74, 6) is 0. The smallest absolute Gasteiger partial charge is 0.0438 e. The number of unbranched alkanes of at least 4 members (excludes halogenated alkanes) is 3. The molecule has 1 atom stereocenters. The lowest BCUT2D eigenvalue weighted by Crippen LogP contribution is -2.21. The SMILES string of the molecule is C=CCCCCCC(NCC)c1cccc(Cl)c1C. The van der Waals surface area contributed by atoms with Crippen LogP contribution in [0.5, 0.6) is 0 Å². The molecule has 0 aliphatic carbocycles. The average molecular weight is 280 g/mol. The maximum Gasteiger partial charge on any atom is 0.0438 e. The van der Waals surface area contributed by atoms with Gasteiger partial charge in [0, 0.05) is 11.1 Å². The van der Waals surface area contributed by atoms with Crippen LogP contribution in [-0.4, -0.2) is 6.54 Å². The molecule has 0 radical (unpaired) electrons. The molecule has 19 heavy (non-hydrogen) atoms. The Morgan fingerprint density at radius 2 is 2.11 bits per heavy atom. The van der Waals surface area contributed by atoms with Crippen LogP contribution in [0.1, 0.15) is 56.2 Å². The number of hydrogen-bond acceptors (Lipinski definition) is 1. The predicted molar refractivity (Wildman–Crippen MR) is 85.9 cm³/mol. The maximum atomic E-state index is 6.22. The van der Waals surface area contributed by atoms with Crippen LogP contribution >= 0.6 is 11.6 Å². The second kappa shape index (κ2) is 9.17. The molecule has 1 unspecified atom stereocenters. The summed E-state index contributed by atoms with van der Waals surface area (Å²) in [4.78, 5) is 0. The van der Waals surface area contributed by atoms with Crippen LogP contribution in [0.25, 0.3) is 0 Å². The molecule has 0 amide bonds. The van der Waals surface area contributed by atoms with Crippen LogP contribution in [0.4, 0.5) is 0 Å². The third-order valence-electron chi connectivity index (χ3n) is 3.54. The highest BCUT2D eigenvalue weighted by molar-refractivity contribution is 6.31. The summed E-state index contributed by atoms with van der Waals surface area (Å²) in [5, 5.41) is 4.45. The van der Waals surface area contributed by atoms with Crippen LogP contribution in [0, 0.1) is 6.92 Å². The molecule has 1 aromatic carbocycles. The van der Waals surface area contributed by atoms with Crippen LogP contribution in [0.2, 0.25) is 5.02 Å². The molecule has 0 aromatic heterocycles. The van der Waals surface area contributed by atoms with Crippen LogP contribution in [0.3, 0.4) is 0 Å². The van der Waals surface area contributed by atoms with E-state index in [1.807, 2.05) is 18.2 Å². The van der Waals surface area contributed by atoms with Crippen molar-refractivity contribution in [3.8, 4) is 0 Å². The van der Waals surface area contributed by atoms with Gasteiger partial charge in [0.15, 0.2) is 0 Å². The van der Waals surface area contributed by atoms with Crippen LogP contribution in [0.15, 0.2) is 30.9 Å². The first kappa shape index (κ1) is 16.3. The van der Waals surface area contributed by atoms with E-state index in [1.54, 1.807) is 0 Å². The third-order valence-corrected chi connectivity index (χ3v) is 3.95. The van der Waals surface area contributed by atoms with Crippen molar-refractivity contribution in [1.29, 1.82) is 0 Å². The minimum Gasteiger partial charge on any atom is -0.310 e. The Bertz CT molecular complexity index is 387. The van der Waals surface area contributed by atoms with Gasteiger partial charge in [0.25, 0.3) is 0 Å². The molecular weight excluding hydrogens is 254 g/mol. The molecule has 1 rings (SSSR count). The van der Waals surface area contributed by atoms with Gasteiger partial charge < -0.3 is 5.32 Å². The number of hydrogen-bond donors (Lipinski definition) is 1. The zero-order valence-corrected chi connectivity index (χ0v) is 13.0. The molecule has 0 spiro atoms. The Morgan fingerprint density at radius 3 is 2.79 bits per heavy atom. The van der Waals surface area contributed by atoms with Crippen molar-refractivity contribution in [3.63, 3.8) is 0 Å². The lowest BCUT2D eigenvalue weighted by Gasteiger charge is -2.21. The highest BCUT2D eigenvalue weighted by Gasteiger charge is 2.13. The average Bonchev–Trinajstić information content (AvgIpc) is 2.41. The Morgan fingerprint density at radius 1 is 1.32 bits per heavy atom. The molecular formula is C17H26ClN. The van der Waals surface area contributed by atoms with Gasteiger partial charge in [0.2, 0.25) is 0 Å². The van der Waals surface area contributed by atoms with E-state index in [0.29, 0.717) is 6.04 Å². The second-order valence-electron chi connectivity index (χ2n) is 4.99. The standard InChI is InChI=1S/C17H26ClN/c1-4-6-7-8-9-13-17(19-5-2)15-11-10-12-16(18)14(15)3/h4,10-12,17,19H,1,5-9,13H2,2-3H3. The van der Waals surface area contributed by atoms with Crippen molar-refractivity contribution in [1.82, 2.24) is 5.32 Å². The monoisotopic (exact) mass is 279 g/mol. The lowest BCUT2D eigenvalue weighted by atomic mass is 9.96. The van der Waals surface area contributed by atoms with E-state index in [4.69, 9.17) is 11.6 Å². The summed E-state index contributed by atoms with van der Waals surface area (Å²) in [5.41, 5.74) is 2.55. The fraction of sp³-hybridized carbons (Fsp3) is 0.529. The summed E-state index contributed by atoms with van der Waals surface area (Å²) in [6, 6.07) is 6.63. The molecule has 0 aliphatic rings. The maximum absolute atomic E-state index is 6.22. The number of benzene rings is 1. The number of halogens is 1. The van der Waals surface area contributed by atoms with E-state index in [0.717, 1.165) is 18.0 Å². The van der Waals surface area contributed by atoms with Gasteiger partial charge in [-0.1, -0.05) is 49.6 Å². The molecule has 0 saturated heterocycles. The molecule has 1 nitrogen and oxygen atoms in total. The van der Waals surface area contributed by atoms with Gasteiger partial charge in [-0.3, -0.25) is 0 Å². The summed E-state index contributed by atoms with van der Waals surface area (Å²) < 4.78 is 0. The molecule has 106 valence electrons. The van der Waals surface area contributed by atoms with Crippen molar-refractivity contribution in [2.45, 2.75) is 52.0 Å². The van der Waals surface area contributed by atoms with E-state index in [1.165, 1.54) is 36.8 Å². The summed E-state index contributed by atoms with van der Waals surface area (Å²) in [6.45, 7) is 9.02. The van der Waals surface area contributed by atoms with Crippen molar-refractivity contribution in [3.05, 3.63) is 47.0 Å². The Hall–Kier alpha value is -0.790. The van der Waals surface area contributed by atoms with Crippen molar-refractivity contribution in [2.75, 3.05) is 6.54 Å². The first-order valence-electron chi connectivity index (χ1n) is 7.30. The van der Waals surface area contributed by atoms with Gasteiger partial charge in [-0.05, 0) is 49.9 Å². The minimum atomic E-state index is 0.424. The topological polar surface area (TPSA) is 12.0 Å². The van der Waals surface area contributed by atoms with Crippen molar-refractivity contribution in [2.24, 2.45) is 0 Å². The fourth-order valence-electron chi connectivity index (χ4n) is 2.43. The largest absolute Gasteiger partial charge is 0.310 e. The zero-order chi connectivity index (χ0) is 14.1. The molecule has 0 saturated carbocycles. The number of rotatable bonds is 9. The van der Waals surface area contributed by atoms with Crippen molar-refractivity contribution < 1.29 is 0 Å². The highest BCUT2D eigenvalue weighted by atomic mass is 35.5. The number of allylic oxidation sites excluding steroid dienone is 1. The Kier molecular flexibility index (Phi) is 7.85. The summed E-state index contributed by atoms with van der Waals surface area (Å²) >= 11 is 6.22. The van der Waals surface area contributed by atoms with Gasteiger partial charge in [-0.25, -0.2) is 0 Å². The van der Waals surface area contributed by atoms with Gasteiger partial charge >= 0.3 is 0 Å². The summed E-state index contributed by atoms with van der Waals surface area (Å²) in [7, 11) is 0. The third kappa shape index (κ3) is 5.38. The Labute approximate surface area is 123 Å². The molecule has 0 bridgehead atoms. The van der Waals surface area contributed by atoms with E-state index in [2.05, 4.69) is 31.8 Å². The normalized spacial score (nSPS) is 12.4. The zero-order valence-electron chi connectivity index (χ0n) is 12.2. The van der Waals surface area contributed by atoms with E-state index in [9.17, 15) is 0 Å². The van der Waals surface area contributed by atoms with Gasteiger partial charge in [0.05, 0.1) is 0 Å². The van der Waals surface area contributed by atoms with Crippen LogP contribution in [-0.2, 0) is 0 Å². The van der Waals surface area contributed by atoms with Gasteiger partial charge in [-0.2, -0.15) is 0 Å². The van der Waals surface area contributed by atoms with Gasteiger partial charge in [-0.15, -0.1) is 6.58 Å². The van der Waals surface area contributed by atoms with Crippen LogP contribution < -0.4 is 5.32 Å². The van der Waals surface area contributed by atoms with Crippen molar-refractivity contribution >= 4 is 11.6 Å². The van der Waals surface area contributed by atoms with E-state index >= 15 is 0 Å². The molecule has 2 heteroatoms. The summed E-state index contributed by atoms with van der Waals surface area (Å²) in [6.07, 6.45) is 8.07. The van der Waals surface area contributed by atoms with E-state index < -0.39 is 0 Å². The van der Waals surface area contributed by atoms with E-state index in [-0.39, 0.29) is 0 Å². The van der Waals surface area contributed by atoms with Gasteiger partial charge in [0.1, 0.15) is 0 Å². The minimum absolute atomic E-state index is 0.424. The second-order valence-corrected chi connectivity index (χ2v) is 5.40. The predicted octanol–water partition coefficient (Wildman–Crippen LogP) is 5.44. The first-order valence-corrected chi connectivity index (χ1v) is 7.67. The Balaban J connectivity index is 2.60. The molecule has 1 N–H and O–H groups in total. The first-order chi connectivity index (χ1) is 9.20. The lowest BCUT2D eigenvalue weighted by molar-refractivity contribution is 0.482.